The smallest absolute Gasteiger partial charge is 0.121 e. The van der Waals surface area contributed by atoms with E-state index in [0.717, 1.165) is 18.5 Å². The molecular formula is C10H10N2. The second kappa shape index (κ2) is 2.96. The van der Waals surface area contributed by atoms with E-state index >= 15 is 0 Å². The number of nitriles is 1. The Morgan fingerprint density at radius 1 is 1.42 bits per heavy atom. The zero-order valence-corrected chi connectivity index (χ0v) is 6.75. The van der Waals surface area contributed by atoms with Crippen LogP contribution < -0.4 is 5.32 Å². The molecule has 1 aromatic carbocycles. The molecular weight excluding hydrogens is 148 g/mol. The van der Waals surface area contributed by atoms with Crippen molar-refractivity contribution < 1.29 is 0 Å². The topological polar surface area (TPSA) is 35.8 Å². The molecule has 2 heteroatoms. The molecule has 0 aliphatic carbocycles. The van der Waals surface area contributed by atoms with Crippen LogP contribution in [0.4, 0.5) is 0 Å². The normalized spacial score (nSPS) is 21.1. The summed E-state index contributed by atoms with van der Waals surface area (Å²) < 4.78 is 0. The number of benzene rings is 1. The quantitative estimate of drug-likeness (QED) is 0.619. The molecule has 1 aromatic rings. The summed E-state index contributed by atoms with van der Waals surface area (Å²) in [5, 5.41) is 12.0. The minimum absolute atomic E-state index is 0.102. The van der Waals surface area contributed by atoms with Gasteiger partial charge in [0, 0.05) is 6.54 Å². The zero-order chi connectivity index (χ0) is 8.39. The van der Waals surface area contributed by atoms with Crippen molar-refractivity contribution in [1.29, 1.82) is 5.26 Å². The molecule has 0 fully saturated rings. The van der Waals surface area contributed by atoms with Crippen LogP contribution in [0.15, 0.2) is 24.3 Å². The van der Waals surface area contributed by atoms with Crippen LogP contribution in [0.2, 0.25) is 0 Å². The Labute approximate surface area is 71.8 Å². The van der Waals surface area contributed by atoms with Crippen molar-refractivity contribution in [3.63, 3.8) is 0 Å². The largest absolute Gasteiger partial charge is 0.298 e. The van der Waals surface area contributed by atoms with Gasteiger partial charge in [0.15, 0.2) is 0 Å². The van der Waals surface area contributed by atoms with E-state index in [9.17, 15) is 0 Å². The fourth-order valence-corrected chi connectivity index (χ4v) is 1.62. The summed E-state index contributed by atoms with van der Waals surface area (Å²) in [6.45, 7) is 0.912. The molecule has 0 saturated heterocycles. The number of rotatable bonds is 0. The Morgan fingerprint density at radius 2 is 2.25 bits per heavy atom. The molecule has 0 amide bonds. The van der Waals surface area contributed by atoms with E-state index in [1.807, 2.05) is 18.2 Å². The van der Waals surface area contributed by atoms with Gasteiger partial charge in [0.2, 0.25) is 0 Å². The molecule has 0 bridgehead atoms. The van der Waals surface area contributed by atoms with E-state index in [2.05, 4.69) is 17.5 Å². The minimum atomic E-state index is -0.102. The van der Waals surface area contributed by atoms with Gasteiger partial charge < -0.3 is 0 Å². The molecule has 1 N–H and O–H groups in total. The molecule has 2 rings (SSSR count). The number of fused-ring (bicyclic) bond motifs is 1. The number of hydrogen-bond donors (Lipinski definition) is 1. The van der Waals surface area contributed by atoms with Crippen LogP contribution >= 0.6 is 0 Å². The van der Waals surface area contributed by atoms with Crippen molar-refractivity contribution in [2.45, 2.75) is 12.5 Å². The van der Waals surface area contributed by atoms with Gasteiger partial charge in [0.05, 0.1) is 6.07 Å². The first kappa shape index (κ1) is 7.33. The maximum absolute atomic E-state index is 8.83. The summed E-state index contributed by atoms with van der Waals surface area (Å²) in [5.41, 5.74) is 2.45. The van der Waals surface area contributed by atoms with E-state index < -0.39 is 0 Å². The van der Waals surface area contributed by atoms with Crippen molar-refractivity contribution >= 4 is 0 Å². The van der Waals surface area contributed by atoms with Crippen LogP contribution in [-0.4, -0.2) is 6.54 Å². The third kappa shape index (κ3) is 1.09. The van der Waals surface area contributed by atoms with Gasteiger partial charge in [0.1, 0.15) is 6.04 Å². The van der Waals surface area contributed by atoms with Gasteiger partial charge in [-0.15, -0.1) is 0 Å². The molecule has 0 saturated carbocycles. The highest BCUT2D eigenvalue weighted by atomic mass is 14.9. The third-order valence-electron chi connectivity index (χ3n) is 2.24. The van der Waals surface area contributed by atoms with Gasteiger partial charge >= 0.3 is 0 Å². The molecule has 1 atom stereocenters. The van der Waals surface area contributed by atoms with Crippen molar-refractivity contribution in [3.05, 3.63) is 35.4 Å². The first-order chi connectivity index (χ1) is 5.92. The first-order valence-electron chi connectivity index (χ1n) is 4.12. The highest BCUT2D eigenvalue weighted by Gasteiger charge is 2.17. The van der Waals surface area contributed by atoms with Crippen LogP contribution in [0, 0.1) is 11.3 Å². The van der Waals surface area contributed by atoms with Gasteiger partial charge in [-0.1, -0.05) is 24.3 Å². The van der Waals surface area contributed by atoms with Crippen LogP contribution in [0.3, 0.4) is 0 Å². The van der Waals surface area contributed by atoms with Gasteiger partial charge in [-0.25, -0.2) is 0 Å². The van der Waals surface area contributed by atoms with Gasteiger partial charge in [0.25, 0.3) is 0 Å². The van der Waals surface area contributed by atoms with Crippen molar-refractivity contribution in [2.75, 3.05) is 6.54 Å². The highest BCUT2D eigenvalue weighted by Crippen LogP contribution is 2.21. The summed E-state index contributed by atoms with van der Waals surface area (Å²) in [5.74, 6) is 0. The maximum Gasteiger partial charge on any atom is 0.121 e. The van der Waals surface area contributed by atoms with E-state index in [-0.39, 0.29) is 6.04 Å². The monoisotopic (exact) mass is 158 g/mol. The lowest BCUT2D eigenvalue weighted by Gasteiger charge is -2.21. The zero-order valence-electron chi connectivity index (χ0n) is 6.75. The third-order valence-corrected chi connectivity index (χ3v) is 2.24. The molecule has 0 aromatic heterocycles. The molecule has 1 heterocycles. The van der Waals surface area contributed by atoms with Crippen LogP contribution in [-0.2, 0) is 6.42 Å². The van der Waals surface area contributed by atoms with E-state index in [1.165, 1.54) is 5.56 Å². The molecule has 0 radical (unpaired) electrons. The Kier molecular flexibility index (Phi) is 1.81. The van der Waals surface area contributed by atoms with Gasteiger partial charge in [-0.2, -0.15) is 5.26 Å². The maximum atomic E-state index is 8.83. The Hall–Kier alpha value is -1.33. The van der Waals surface area contributed by atoms with E-state index in [1.54, 1.807) is 0 Å². The molecule has 60 valence electrons. The minimum Gasteiger partial charge on any atom is -0.298 e. The Balaban J connectivity index is 2.45. The highest BCUT2D eigenvalue weighted by molar-refractivity contribution is 5.35. The molecule has 0 unspecified atom stereocenters. The number of nitrogens with one attached hydrogen (secondary N) is 1. The average molecular weight is 158 g/mol. The summed E-state index contributed by atoms with van der Waals surface area (Å²) in [6.07, 6.45) is 1.04. The van der Waals surface area contributed by atoms with Crippen molar-refractivity contribution in [3.8, 4) is 6.07 Å². The molecule has 0 spiro atoms. The summed E-state index contributed by atoms with van der Waals surface area (Å²) in [4.78, 5) is 0. The predicted octanol–water partition coefficient (Wildman–Crippen LogP) is 1.40. The fraction of sp³-hybridized carbons (Fsp3) is 0.300. The van der Waals surface area contributed by atoms with Crippen LogP contribution in [0.25, 0.3) is 0 Å². The lowest BCUT2D eigenvalue weighted by atomic mass is 9.95. The van der Waals surface area contributed by atoms with Crippen molar-refractivity contribution in [1.82, 2.24) is 5.32 Å². The molecule has 2 nitrogen and oxygen atoms in total. The Bertz CT molecular complexity index is 325. The Morgan fingerprint density at radius 3 is 3.08 bits per heavy atom. The van der Waals surface area contributed by atoms with Gasteiger partial charge in [-0.05, 0) is 17.5 Å². The summed E-state index contributed by atoms with van der Waals surface area (Å²) in [7, 11) is 0. The summed E-state index contributed by atoms with van der Waals surface area (Å²) >= 11 is 0. The summed E-state index contributed by atoms with van der Waals surface area (Å²) in [6, 6.07) is 10.3. The number of hydrogen-bond acceptors (Lipinski definition) is 2. The van der Waals surface area contributed by atoms with Crippen molar-refractivity contribution in [2.24, 2.45) is 0 Å². The van der Waals surface area contributed by atoms with E-state index in [4.69, 9.17) is 5.26 Å². The molecule has 12 heavy (non-hydrogen) atoms. The lowest BCUT2D eigenvalue weighted by molar-refractivity contribution is 0.590. The second-order valence-electron chi connectivity index (χ2n) is 2.97. The standard InChI is InChI=1S/C10H10N2/c11-7-10-9-4-2-1-3-8(9)5-6-12-10/h1-4,10,12H,5-6H2/t10-/m0/s1. The molecule has 1 aliphatic heterocycles. The number of nitrogens with zero attached hydrogens (tertiary/aromatic N) is 1. The molecule has 1 aliphatic rings. The first-order valence-corrected chi connectivity index (χ1v) is 4.12. The fourth-order valence-electron chi connectivity index (χ4n) is 1.62. The lowest BCUT2D eigenvalue weighted by Crippen LogP contribution is -2.28. The average Bonchev–Trinajstić information content (AvgIpc) is 2.17. The van der Waals surface area contributed by atoms with Gasteiger partial charge in [-0.3, -0.25) is 5.32 Å². The SMILES string of the molecule is N#C[C@@H]1NCCc2ccccc21. The van der Waals surface area contributed by atoms with Crippen LogP contribution in [0.5, 0.6) is 0 Å². The van der Waals surface area contributed by atoms with E-state index in [0.29, 0.717) is 0 Å². The van der Waals surface area contributed by atoms with Crippen LogP contribution in [0.1, 0.15) is 17.2 Å². The predicted molar refractivity (Wildman–Crippen MR) is 46.5 cm³/mol. The second-order valence-corrected chi connectivity index (χ2v) is 2.97.